The molecule has 3 atom stereocenters. The van der Waals surface area contributed by atoms with E-state index in [9.17, 15) is 14.7 Å². The van der Waals surface area contributed by atoms with E-state index in [1.807, 2.05) is 6.07 Å². The van der Waals surface area contributed by atoms with Gasteiger partial charge in [0.15, 0.2) is 0 Å². The van der Waals surface area contributed by atoms with Crippen LogP contribution in [0.15, 0.2) is 24.5 Å². The van der Waals surface area contributed by atoms with Gasteiger partial charge >= 0.3 is 5.97 Å². The number of carbonyl (C=O) groups excluding carboxylic acids is 1. The molecule has 1 aliphatic heterocycles. The lowest BCUT2D eigenvalue weighted by atomic mass is 9.84. The van der Waals surface area contributed by atoms with Crippen molar-refractivity contribution < 1.29 is 14.7 Å². The van der Waals surface area contributed by atoms with Gasteiger partial charge in [-0.2, -0.15) is 0 Å². The number of hydrogen-bond donors (Lipinski definition) is 1. The molecule has 2 heterocycles. The van der Waals surface area contributed by atoms with Crippen LogP contribution < -0.4 is 0 Å². The molecule has 1 N–H and O–H groups in total. The van der Waals surface area contributed by atoms with Crippen molar-refractivity contribution >= 4 is 11.9 Å². The second-order valence-electron chi connectivity index (χ2n) is 6.04. The third-order valence-corrected chi connectivity index (χ3v) is 4.74. The zero-order valence-electron chi connectivity index (χ0n) is 11.9. The number of rotatable bonds is 3. The summed E-state index contributed by atoms with van der Waals surface area (Å²) in [5, 5.41) is 9.44. The Bertz CT molecular complexity index is 532. The molecule has 2 aliphatic rings. The van der Waals surface area contributed by atoms with Crippen molar-refractivity contribution in [1.29, 1.82) is 0 Å². The Hall–Kier alpha value is -1.91. The van der Waals surface area contributed by atoms with Gasteiger partial charge in [-0.05, 0) is 36.8 Å². The van der Waals surface area contributed by atoms with E-state index in [0.29, 0.717) is 12.3 Å². The van der Waals surface area contributed by atoms with Crippen LogP contribution in [0, 0.1) is 5.92 Å². The van der Waals surface area contributed by atoms with Crippen molar-refractivity contribution in [2.45, 2.75) is 50.6 Å². The molecule has 0 aromatic carbocycles. The van der Waals surface area contributed by atoms with E-state index in [1.165, 1.54) is 0 Å². The van der Waals surface area contributed by atoms with Crippen LogP contribution in [0.5, 0.6) is 0 Å². The molecule has 1 aliphatic carbocycles. The molecule has 112 valence electrons. The normalized spacial score (nSPS) is 28.2. The van der Waals surface area contributed by atoms with Gasteiger partial charge in [-0.3, -0.25) is 9.78 Å². The zero-order valence-corrected chi connectivity index (χ0v) is 11.9. The van der Waals surface area contributed by atoms with Gasteiger partial charge in [0.05, 0.1) is 6.42 Å². The molecule has 1 saturated carbocycles. The number of amides is 1. The third kappa shape index (κ3) is 2.77. The Morgan fingerprint density at radius 1 is 1.33 bits per heavy atom. The summed E-state index contributed by atoms with van der Waals surface area (Å²) in [6.07, 6.45) is 8.41. The van der Waals surface area contributed by atoms with E-state index < -0.39 is 12.0 Å². The summed E-state index contributed by atoms with van der Waals surface area (Å²) in [7, 11) is 0. The number of carbonyl (C=O) groups is 2. The first-order valence-electron chi connectivity index (χ1n) is 7.59. The topological polar surface area (TPSA) is 70.5 Å². The summed E-state index contributed by atoms with van der Waals surface area (Å²) in [6, 6.07) is 3.12. The summed E-state index contributed by atoms with van der Waals surface area (Å²) < 4.78 is 0. The van der Waals surface area contributed by atoms with Crippen LogP contribution in [-0.4, -0.2) is 39.0 Å². The van der Waals surface area contributed by atoms with E-state index in [4.69, 9.17) is 0 Å². The van der Waals surface area contributed by atoms with E-state index in [-0.39, 0.29) is 18.4 Å². The minimum Gasteiger partial charge on any atom is -0.480 e. The van der Waals surface area contributed by atoms with E-state index in [2.05, 4.69) is 4.98 Å². The lowest BCUT2D eigenvalue weighted by molar-refractivity contribution is -0.149. The number of carboxylic acids is 1. The van der Waals surface area contributed by atoms with Crippen molar-refractivity contribution in [3.63, 3.8) is 0 Å². The standard InChI is InChI=1S/C16H20N2O3/c19-15(8-11-4-3-7-17-10-11)18-13-6-2-1-5-12(13)9-14(18)16(20)21/h3-4,7,10,12-14H,1-2,5-6,8-9H2,(H,20,21)/t12-,13+,14-/m0/s1. The fourth-order valence-electron chi connectivity index (χ4n) is 3.81. The Kier molecular flexibility index (Phi) is 3.90. The van der Waals surface area contributed by atoms with Crippen LogP contribution in [0.25, 0.3) is 0 Å². The summed E-state index contributed by atoms with van der Waals surface area (Å²) in [4.78, 5) is 29.8. The molecule has 1 amide bonds. The second-order valence-corrected chi connectivity index (χ2v) is 6.04. The van der Waals surface area contributed by atoms with Crippen molar-refractivity contribution in [2.24, 2.45) is 5.92 Å². The fraction of sp³-hybridized carbons (Fsp3) is 0.562. The lowest BCUT2D eigenvalue weighted by Crippen LogP contribution is -2.46. The van der Waals surface area contributed by atoms with Crippen molar-refractivity contribution in [1.82, 2.24) is 9.88 Å². The molecule has 0 radical (unpaired) electrons. The number of aliphatic carboxylic acids is 1. The summed E-state index contributed by atoms with van der Waals surface area (Å²) in [6.45, 7) is 0. The van der Waals surface area contributed by atoms with Crippen LogP contribution in [0.1, 0.15) is 37.7 Å². The van der Waals surface area contributed by atoms with Gasteiger partial charge in [0, 0.05) is 18.4 Å². The van der Waals surface area contributed by atoms with Crippen LogP contribution in [-0.2, 0) is 16.0 Å². The lowest BCUT2D eigenvalue weighted by Gasteiger charge is -2.33. The fourth-order valence-corrected chi connectivity index (χ4v) is 3.81. The first-order chi connectivity index (χ1) is 10.2. The smallest absolute Gasteiger partial charge is 0.326 e. The summed E-state index contributed by atoms with van der Waals surface area (Å²) >= 11 is 0. The van der Waals surface area contributed by atoms with Gasteiger partial charge < -0.3 is 10.0 Å². The van der Waals surface area contributed by atoms with Crippen LogP contribution in [0.2, 0.25) is 0 Å². The molecular weight excluding hydrogens is 268 g/mol. The number of pyridine rings is 1. The van der Waals surface area contributed by atoms with Crippen LogP contribution in [0.3, 0.4) is 0 Å². The highest BCUT2D eigenvalue weighted by atomic mass is 16.4. The van der Waals surface area contributed by atoms with Crippen molar-refractivity contribution in [2.75, 3.05) is 0 Å². The second kappa shape index (κ2) is 5.84. The Morgan fingerprint density at radius 3 is 2.86 bits per heavy atom. The van der Waals surface area contributed by atoms with Crippen LogP contribution in [0.4, 0.5) is 0 Å². The average Bonchev–Trinajstić information content (AvgIpc) is 2.88. The maximum absolute atomic E-state index is 12.6. The van der Waals surface area contributed by atoms with E-state index >= 15 is 0 Å². The van der Waals surface area contributed by atoms with Crippen molar-refractivity contribution in [3.8, 4) is 0 Å². The predicted octanol–water partition coefficient (Wildman–Crippen LogP) is 1.87. The minimum atomic E-state index is -0.871. The highest BCUT2D eigenvalue weighted by molar-refractivity contribution is 5.86. The third-order valence-electron chi connectivity index (χ3n) is 4.74. The minimum absolute atomic E-state index is 0.0789. The van der Waals surface area contributed by atoms with Gasteiger partial charge in [0.1, 0.15) is 6.04 Å². The van der Waals surface area contributed by atoms with Gasteiger partial charge in [-0.15, -0.1) is 0 Å². The molecule has 0 unspecified atom stereocenters. The van der Waals surface area contributed by atoms with Crippen molar-refractivity contribution in [3.05, 3.63) is 30.1 Å². The summed E-state index contributed by atoms with van der Waals surface area (Å²) in [5.41, 5.74) is 0.839. The molecule has 3 rings (SSSR count). The number of nitrogens with zero attached hydrogens (tertiary/aromatic N) is 2. The number of likely N-dealkylation sites (tertiary alicyclic amines) is 1. The van der Waals surface area contributed by atoms with Gasteiger partial charge in [0.25, 0.3) is 0 Å². The SMILES string of the molecule is O=C(O)[C@@H]1C[C@@H]2CCCC[C@H]2N1C(=O)Cc1cccnc1. The van der Waals surface area contributed by atoms with Gasteiger partial charge in [-0.1, -0.05) is 18.9 Å². The molecule has 21 heavy (non-hydrogen) atoms. The Balaban J connectivity index is 1.79. The largest absolute Gasteiger partial charge is 0.480 e. The number of hydrogen-bond acceptors (Lipinski definition) is 3. The molecular formula is C16H20N2O3. The molecule has 5 nitrogen and oxygen atoms in total. The first-order valence-corrected chi connectivity index (χ1v) is 7.59. The quantitative estimate of drug-likeness (QED) is 0.921. The maximum Gasteiger partial charge on any atom is 0.326 e. The highest BCUT2D eigenvalue weighted by Crippen LogP contribution is 2.40. The summed E-state index contributed by atoms with van der Waals surface area (Å²) in [5.74, 6) is -0.591. The zero-order chi connectivity index (χ0) is 14.8. The molecule has 0 bridgehead atoms. The first kappa shape index (κ1) is 14.0. The monoisotopic (exact) mass is 288 g/mol. The molecule has 5 heteroatoms. The van der Waals surface area contributed by atoms with Gasteiger partial charge in [-0.25, -0.2) is 4.79 Å². The van der Waals surface area contributed by atoms with E-state index in [0.717, 1.165) is 31.2 Å². The number of fused-ring (bicyclic) bond motifs is 1. The molecule has 1 aromatic rings. The Morgan fingerprint density at radius 2 is 2.14 bits per heavy atom. The number of carboxylic acid groups (broad SMARTS) is 1. The van der Waals surface area contributed by atoms with Gasteiger partial charge in [0.2, 0.25) is 5.91 Å². The Labute approximate surface area is 124 Å². The maximum atomic E-state index is 12.6. The molecule has 1 saturated heterocycles. The number of aromatic nitrogens is 1. The molecule has 2 fully saturated rings. The molecule has 1 aromatic heterocycles. The molecule has 0 spiro atoms. The highest BCUT2D eigenvalue weighted by Gasteiger charge is 2.47. The van der Waals surface area contributed by atoms with E-state index in [1.54, 1.807) is 23.4 Å². The predicted molar refractivity (Wildman–Crippen MR) is 76.6 cm³/mol. The average molecular weight is 288 g/mol. The van der Waals surface area contributed by atoms with Crippen LogP contribution >= 0.6 is 0 Å².